The van der Waals surface area contributed by atoms with E-state index in [9.17, 15) is 4.79 Å². The Morgan fingerprint density at radius 2 is 2.47 bits per heavy atom. The lowest BCUT2D eigenvalue weighted by molar-refractivity contribution is 0.0670. The topological polar surface area (TPSA) is 54.5 Å². The third kappa shape index (κ3) is 3.23. The summed E-state index contributed by atoms with van der Waals surface area (Å²) < 4.78 is 5.21. The highest BCUT2D eigenvalue weighted by atomic mass is 16.5. The minimum Gasteiger partial charge on any atom is -0.494 e. The van der Waals surface area contributed by atoms with Crippen LogP contribution in [-0.4, -0.2) is 49.6 Å². The maximum Gasteiger partial charge on any atom is 0.257 e. The van der Waals surface area contributed by atoms with Crippen molar-refractivity contribution in [1.82, 2.24) is 15.2 Å². The van der Waals surface area contributed by atoms with Crippen LogP contribution in [0.2, 0.25) is 0 Å². The summed E-state index contributed by atoms with van der Waals surface area (Å²) in [5.41, 5.74) is 0.600. The van der Waals surface area contributed by atoms with Gasteiger partial charge in [-0.3, -0.25) is 9.78 Å². The van der Waals surface area contributed by atoms with Crippen molar-refractivity contribution in [2.75, 3.05) is 33.8 Å². The third-order valence-corrected chi connectivity index (χ3v) is 3.53. The van der Waals surface area contributed by atoms with Gasteiger partial charge in [0, 0.05) is 19.3 Å². The molecule has 5 heteroatoms. The summed E-state index contributed by atoms with van der Waals surface area (Å²) in [6.45, 7) is 2.59. The van der Waals surface area contributed by atoms with Crippen LogP contribution in [0.1, 0.15) is 23.2 Å². The molecule has 1 amide bonds. The molecule has 0 saturated carbocycles. The van der Waals surface area contributed by atoms with Gasteiger partial charge in [0.15, 0.2) is 0 Å². The Labute approximate surface area is 114 Å². The molecule has 19 heavy (non-hydrogen) atoms. The van der Waals surface area contributed by atoms with Crippen molar-refractivity contribution in [2.45, 2.75) is 12.8 Å². The number of nitrogens with one attached hydrogen (secondary N) is 1. The number of hydrogen-bond donors (Lipinski definition) is 1. The summed E-state index contributed by atoms with van der Waals surface area (Å²) in [4.78, 5) is 18.4. The van der Waals surface area contributed by atoms with E-state index in [-0.39, 0.29) is 5.91 Å². The van der Waals surface area contributed by atoms with Gasteiger partial charge in [-0.2, -0.15) is 0 Å². The van der Waals surface area contributed by atoms with Crippen LogP contribution in [0.15, 0.2) is 18.5 Å². The van der Waals surface area contributed by atoms with Gasteiger partial charge in [-0.15, -0.1) is 0 Å². The summed E-state index contributed by atoms with van der Waals surface area (Å²) in [5.74, 6) is 1.12. The Bertz CT molecular complexity index is 434. The van der Waals surface area contributed by atoms with Crippen LogP contribution in [0.25, 0.3) is 0 Å². The molecule has 104 valence electrons. The first-order valence-electron chi connectivity index (χ1n) is 6.68. The van der Waals surface area contributed by atoms with Gasteiger partial charge in [0.25, 0.3) is 5.91 Å². The van der Waals surface area contributed by atoms with E-state index in [2.05, 4.69) is 10.3 Å². The summed E-state index contributed by atoms with van der Waals surface area (Å²) in [7, 11) is 3.51. The molecule has 1 fully saturated rings. The van der Waals surface area contributed by atoms with Crippen LogP contribution in [-0.2, 0) is 0 Å². The van der Waals surface area contributed by atoms with E-state index in [0.717, 1.165) is 26.1 Å². The molecule has 0 aliphatic carbocycles. The van der Waals surface area contributed by atoms with Gasteiger partial charge < -0.3 is 15.0 Å². The zero-order chi connectivity index (χ0) is 13.7. The summed E-state index contributed by atoms with van der Waals surface area (Å²) >= 11 is 0. The first kappa shape index (κ1) is 13.8. The molecule has 2 rings (SSSR count). The van der Waals surface area contributed by atoms with Crippen LogP contribution in [0, 0.1) is 5.92 Å². The number of ether oxygens (including phenoxy) is 1. The number of carbonyl (C=O) groups excluding carboxylic acids is 1. The molecule has 1 saturated heterocycles. The maximum absolute atomic E-state index is 12.5. The van der Waals surface area contributed by atoms with Crippen molar-refractivity contribution in [1.29, 1.82) is 0 Å². The second-order valence-electron chi connectivity index (χ2n) is 4.89. The van der Waals surface area contributed by atoms with Gasteiger partial charge in [-0.1, -0.05) is 0 Å². The zero-order valence-corrected chi connectivity index (χ0v) is 11.6. The number of pyridine rings is 1. The average Bonchev–Trinajstić information content (AvgIpc) is 2.47. The van der Waals surface area contributed by atoms with E-state index in [0.29, 0.717) is 17.2 Å². The predicted molar refractivity (Wildman–Crippen MR) is 73.3 cm³/mol. The molecule has 1 N–H and O–H groups in total. The number of carbonyl (C=O) groups is 1. The summed E-state index contributed by atoms with van der Waals surface area (Å²) in [6, 6.07) is 1.73. The van der Waals surface area contributed by atoms with Gasteiger partial charge in [-0.05, 0) is 38.4 Å². The molecule has 0 radical (unpaired) electrons. The lowest BCUT2D eigenvalue weighted by atomic mass is 9.97. The Kier molecular flexibility index (Phi) is 4.74. The summed E-state index contributed by atoms with van der Waals surface area (Å²) in [6.07, 6.45) is 5.45. The standard InChI is InChI=1S/C14H21N3O2/c1-15-8-11-4-3-7-17(10-11)14(18)12-5-6-16-9-13(12)19-2/h5-6,9,11,15H,3-4,7-8,10H2,1-2H3. The Hall–Kier alpha value is -1.62. The lowest BCUT2D eigenvalue weighted by Crippen LogP contribution is -2.42. The number of likely N-dealkylation sites (tertiary alicyclic amines) is 1. The highest BCUT2D eigenvalue weighted by molar-refractivity contribution is 5.96. The molecule has 1 aliphatic rings. The fraction of sp³-hybridized carbons (Fsp3) is 0.571. The van der Waals surface area contributed by atoms with Crippen molar-refractivity contribution in [2.24, 2.45) is 5.92 Å². The minimum atomic E-state index is 0.0417. The van der Waals surface area contributed by atoms with Crippen molar-refractivity contribution in [3.63, 3.8) is 0 Å². The molecule has 1 aliphatic heterocycles. The molecule has 2 heterocycles. The second-order valence-corrected chi connectivity index (χ2v) is 4.89. The molecule has 1 aromatic heterocycles. The second kappa shape index (κ2) is 6.52. The van der Waals surface area contributed by atoms with Crippen molar-refractivity contribution >= 4 is 5.91 Å². The molecule has 0 spiro atoms. The SMILES string of the molecule is CNCC1CCCN(C(=O)c2ccncc2OC)C1. The van der Waals surface area contributed by atoms with E-state index in [4.69, 9.17) is 4.74 Å². The highest BCUT2D eigenvalue weighted by Crippen LogP contribution is 2.22. The minimum absolute atomic E-state index is 0.0417. The summed E-state index contributed by atoms with van der Waals surface area (Å²) in [5, 5.41) is 3.19. The van der Waals surface area contributed by atoms with E-state index < -0.39 is 0 Å². The predicted octanol–water partition coefficient (Wildman–Crippen LogP) is 1.16. The van der Waals surface area contributed by atoms with Gasteiger partial charge in [-0.25, -0.2) is 0 Å². The fourth-order valence-corrected chi connectivity index (χ4v) is 2.59. The van der Waals surface area contributed by atoms with Crippen LogP contribution < -0.4 is 10.1 Å². The highest BCUT2D eigenvalue weighted by Gasteiger charge is 2.25. The number of aromatic nitrogens is 1. The number of methoxy groups -OCH3 is 1. The quantitative estimate of drug-likeness (QED) is 0.885. The molecule has 1 aromatic rings. The van der Waals surface area contributed by atoms with E-state index in [1.54, 1.807) is 25.6 Å². The number of rotatable bonds is 4. The van der Waals surface area contributed by atoms with Crippen LogP contribution in [0.4, 0.5) is 0 Å². The maximum atomic E-state index is 12.5. The van der Waals surface area contributed by atoms with Crippen LogP contribution in [0.5, 0.6) is 5.75 Å². The van der Waals surface area contributed by atoms with Crippen molar-refractivity contribution in [3.05, 3.63) is 24.0 Å². The number of hydrogen-bond acceptors (Lipinski definition) is 4. The van der Waals surface area contributed by atoms with Crippen LogP contribution in [0.3, 0.4) is 0 Å². The largest absolute Gasteiger partial charge is 0.494 e. The Morgan fingerprint density at radius 1 is 1.63 bits per heavy atom. The van der Waals surface area contributed by atoms with Gasteiger partial charge in [0.05, 0.1) is 18.9 Å². The first-order valence-corrected chi connectivity index (χ1v) is 6.68. The van der Waals surface area contributed by atoms with Crippen molar-refractivity contribution in [3.8, 4) is 5.75 Å². The van der Waals surface area contributed by atoms with Gasteiger partial charge in [0.2, 0.25) is 0 Å². The van der Waals surface area contributed by atoms with E-state index in [1.165, 1.54) is 6.42 Å². The first-order chi connectivity index (χ1) is 9.26. The average molecular weight is 263 g/mol. The molecule has 1 unspecified atom stereocenters. The number of amides is 1. The number of nitrogens with zero attached hydrogens (tertiary/aromatic N) is 2. The smallest absolute Gasteiger partial charge is 0.257 e. The zero-order valence-electron chi connectivity index (χ0n) is 11.6. The van der Waals surface area contributed by atoms with Gasteiger partial charge in [0.1, 0.15) is 5.75 Å². The molecule has 1 atom stereocenters. The fourth-order valence-electron chi connectivity index (χ4n) is 2.59. The molecular weight excluding hydrogens is 242 g/mol. The van der Waals surface area contributed by atoms with Crippen molar-refractivity contribution < 1.29 is 9.53 Å². The van der Waals surface area contributed by atoms with E-state index in [1.807, 2.05) is 11.9 Å². The number of piperidine rings is 1. The normalized spacial score (nSPS) is 19.3. The third-order valence-electron chi connectivity index (χ3n) is 3.53. The molecule has 0 bridgehead atoms. The van der Waals surface area contributed by atoms with Gasteiger partial charge >= 0.3 is 0 Å². The molecule has 5 nitrogen and oxygen atoms in total. The lowest BCUT2D eigenvalue weighted by Gasteiger charge is -2.33. The molecule has 0 aromatic carbocycles. The molecular formula is C14H21N3O2. The van der Waals surface area contributed by atoms with E-state index >= 15 is 0 Å². The monoisotopic (exact) mass is 263 g/mol. The van der Waals surface area contributed by atoms with Crippen LogP contribution >= 0.6 is 0 Å². The Balaban J connectivity index is 2.10. The Morgan fingerprint density at radius 3 is 3.21 bits per heavy atom.